The van der Waals surface area contributed by atoms with Crippen LogP contribution in [-0.4, -0.2) is 56.8 Å². The van der Waals surface area contributed by atoms with Crippen LogP contribution in [0, 0.1) is 0 Å². The monoisotopic (exact) mass is 467 g/mol. The molecule has 0 unspecified atom stereocenters. The van der Waals surface area contributed by atoms with E-state index in [0.717, 1.165) is 30.9 Å². The third-order valence-electron chi connectivity index (χ3n) is 6.13. The van der Waals surface area contributed by atoms with Crippen LogP contribution in [0.25, 0.3) is 0 Å². The molecule has 8 heteroatoms. The Balaban J connectivity index is 1.29. The molecule has 1 amide bonds. The molecule has 1 aromatic heterocycles. The second-order valence-corrected chi connectivity index (χ2v) is 11.0. The van der Waals surface area contributed by atoms with Crippen LogP contribution < -0.4 is 4.31 Å². The maximum Gasteiger partial charge on any atom is 0.264 e. The van der Waals surface area contributed by atoms with Crippen molar-refractivity contribution in [3.05, 3.63) is 82.0 Å². The number of nitrogens with zero attached hydrogens (tertiary/aromatic N) is 3. The minimum absolute atomic E-state index is 0.111. The van der Waals surface area contributed by atoms with Gasteiger partial charge in [0, 0.05) is 49.7 Å². The molecule has 0 bridgehead atoms. The Kier molecular flexibility index (Phi) is 5.75. The summed E-state index contributed by atoms with van der Waals surface area (Å²) in [7, 11) is -3.72. The molecule has 0 radical (unpaired) electrons. The number of fused-ring (bicyclic) bond motifs is 1. The molecule has 1 saturated heterocycles. The zero-order valence-corrected chi connectivity index (χ0v) is 19.3. The highest BCUT2D eigenvalue weighted by molar-refractivity contribution is 7.92. The van der Waals surface area contributed by atoms with Gasteiger partial charge in [-0.05, 0) is 47.7 Å². The van der Waals surface area contributed by atoms with Crippen LogP contribution in [0.5, 0.6) is 0 Å². The molecule has 0 atom stereocenters. The maximum absolute atomic E-state index is 13.3. The average Bonchev–Trinajstić information content (AvgIpc) is 3.49. The summed E-state index contributed by atoms with van der Waals surface area (Å²) < 4.78 is 28.1. The van der Waals surface area contributed by atoms with E-state index in [2.05, 4.69) is 22.4 Å². The fraction of sp³-hybridized carbons (Fsp3) is 0.292. The molecule has 5 rings (SSSR count). The van der Waals surface area contributed by atoms with E-state index in [0.29, 0.717) is 31.6 Å². The Bertz CT molecular complexity index is 1220. The number of hydrogen-bond donors (Lipinski definition) is 0. The van der Waals surface area contributed by atoms with Crippen LogP contribution in [0.4, 0.5) is 5.69 Å². The third-order valence-corrected chi connectivity index (χ3v) is 8.80. The number of sulfonamides is 1. The molecule has 0 N–H and O–H groups in total. The zero-order valence-electron chi connectivity index (χ0n) is 17.7. The smallest absolute Gasteiger partial charge is 0.264 e. The van der Waals surface area contributed by atoms with Gasteiger partial charge < -0.3 is 4.90 Å². The highest BCUT2D eigenvalue weighted by Gasteiger charge is 2.31. The van der Waals surface area contributed by atoms with E-state index in [1.54, 1.807) is 29.5 Å². The first kappa shape index (κ1) is 21.2. The standard InChI is InChI=1S/C24H25N3O3S2/c28-24(26-14-12-25(13-15-26)18-21-7-4-16-31-21)20-6-3-8-22(17-20)32(29,30)27-11-10-19-5-1-2-9-23(19)27/h1-9,16-17H,10-15,18H2. The number of carbonyl (C=O) groups is 1. The van der Waals surface area contributed by atoms with E-state index in [1.807, 2.05) is 29.2 Å². The minimum Gasteiger partial charge on any atom is -0.336 e. The minimum atomic E-state index is -3.72. The van der Waals surface area contributed by atoms with Crippen molar-refractivity contribution in [1.82, 2.24) is 9.80 Å². The summed E-state index contributed by atoms with van der Waals surface area (Å²) in [6.45, 7) is 4.23. The summed E-state index contributed by atoms with van der Waals surface area (Å²) in [6, 6.07) is 18.2. The molecule has 1 fully saturated rings. The number of thiophene rings is 1. The molecular weight excluding hydrogens is 442 g/mol. The Hall–Kier alpha value is -2.68. The number of para-hydroxylation sites is 1. The predicted octanol–water partition coefficient (Wildman–Crippen LogP) is 3.46. The number of carbonyl (C=O) groups excluding carboxylic acids is 1. The SMILES string of the molecule is O=C(c1cccc(S(=O)(=O)N2CCc3ccccc32)c1)N1CCN(Cc2cccs2)CC1. The van der Waals surface area contributed by atoms with Gasteiger partial charge in [0.05, 0.1) is 10.6 Å². The van der Waals surface area contributed by atoms with E-state index in [4.69, 9.17) is 0 Å². The van der Waals surface area contributed by atoms with Gasteiger partial charge in [-0.1, -0.05) is 30.3 Å². The number of anilines is 1. The van der Waals surface area contributed by atoms with Crippen molar-refractivity contribution in [2.45, 2.75) is 17.9 Å². The molecular formula is C24H25N3O3S2. The van der Waals surface area contributed by atoms with E-state index in [9.17, 15) is 13.2 Å². The molecule has 2 aliphatic heterocycles. The topological polar surface area (TPSA) is 60.9 Å². The average molecular weight is 468 g/mol. The number of benzene rings is 2. The van der Waals surface area contributed by atoms with Crippen LogP contribution in [0.15, 0.2) is 70.9 Å². The van der Waals surface area contributed by atoms with Gasteiger partial charge in [-0.25, -0.2) is 8.42 Å². The lowest BCUT2D eigenvalue weighted by Crippen LogP contribution is -2.48. The van der Waals surface area contributed by atoms with Crippen molar-refractivity contribution in [2.24, 2.45) is 0 Å². The van der Waals surface area contributed by atoms with Gasteiger partial charge in [-0.2, -0.15) is 0 Å². The molecule has 0 spiro atoms. The molecule has 6 nitrogen and oxygen atoms in total. The molecule has 32 heavy (non-hydrogen) atoms. The Morgan fingerprint density at radius 1 is 0.906 bits per heavy atom. The van der Waals surface area contributed by atoms with E-state index in [1.165, 1.54) is 15.2 Å². The van der Waals surface area contributed by atoms with Crippen LogP contribution in [-0.2, 0) is 23.0 Å². The van der Waals surface area contributed by atoms with Crippen molar-refractivity contribution < 1.29 is 13.2 Å². The fourth-order valence-electron chi connectivity index (χ4n) is 4.39. The van der Waals surface area contributed by atoms with Crippen LogP contribution in [0.3, 0.4) is 0 Å². The normalized spacial score (nSPS) is 16.9. The molecule has 2 aromatic carbocycles. The molecule has 2 aliphatic rings. The van der Waals surface area contributed by atoms with Crippen molar-refractivity contribution in [3.63, 3.8) is 0 Å². The van der Waals surface area contributed by atoms with Gasteiger partial charge >= 0.3 is 0 Å². The van der Waals surface area contributed by atoms with Gasteiger partial charge in [0.25, 0.3) is 15.9 Å². The largest absolute Gasteiger partial charge is 0.336 e. The van der Waals surface area contributed by atoms with Crippen LogP contribution in [0.2, 0.25) is 0 Å². The lowest BCUT2D eigenvalue weighted by atomic mass is 10.2. The highest BCUT2D eigenvalue weighted by atomic mass is 32.2. The van der Waals surface area contributed by atoms with Crippen molar-refractivity contribution >= 4 is 33.0 Å². The fourth-order valence-corrected chi connectivity index (χ4v) is 6.68. The van der Waals surface area contributed by atoms with Gasteiger partial charge in [0.2, 0.25) is 0 Å². The molecule has 0 saturated carbocycles. The van der Waals surface area contributed by atoms with Gasteiger partial charge in [-0.3, -0.25) is 14.0 Å². The summed E-state index contributed by atoms with van der Waals surface area (Å²) >= 11 is 1.75. The van der Waals surface area contributed by atoms with E-state index < -0.39 is 10.0 Å². The van der Waals surface area contributed by atoms with Crippen LogP contribution >= 0.6 is 11.3 Å². The van der Waals surface area contributed by atoms with Crippen molar-refractivity contribution in [2.75, 3.05) is 37.0 Å². The Morgan fingerprint density at radius 3 is 2.50 bits per heavy atom. The quantitative estimate of drug-likeness (QED) is 0.577. The Morgan fingerprint density at radius 2 is 1.72 bits per heavy atom. The number of amides is 1. The van der Waals surface area contributed by atoms with E-state index >= 15 is 0 Å². The second-order valence-electron chi connectivity index (χ2n) is 8.13. The molecule has 0 aliphatic carbocycles. The molecule has 166 valence electrons. The number of rotatable bonds is 5. The Labute approximate surface area is 192 Å². The summed E-state index contributed by atoms with van der Waals surface area (Å²) in [5.74, 6) is -0.111. The highest BCUT2D eigenvalue weighted by Crippen LogP contribution is 2.32. The summed E-state index contributed by atoms with van der Waals surface area (Å²) in [4.78, 5) is 18.8. The molecule has 3 aromatic rings. The summed E-state index contributed by atoms with van der Waals surface area (Å²) in [5, 5.41) is 2.08. The first-order chi connectivity index (χ1) is 15.5. The van der Waals surface area contributed by atoms with Crippen molar-refractivity contribution in [3.8, 4) is 0 Å². The molecule has 3 heterocycles. The second kappa shape index (κ2) is 8.69. The lowest BCUT2D eigenvalue weighted by molar-refractivity contribution is 0.0629. The third kappa shape index (κ3) is 4.05. The van der Waals surface area contributed by atoms with Crippen molar-refractivity contribution in [1.29, 1.82) is 0 Å². The lowest BCUT2D eigenvalue weighted by Gasteiger charge is -2.34. The van der Waals surface area contributed by atoms with E-state index in [-0.39, 0.29) is 10.8 Å². The van der Waals surface area contributed by atoms with Gasteiger partial charge in [0.1, 0.15) is 0 Å². The zero-order chi connectivity index (χ0) is 22.1. The summed E-state index contributed by atoms with van der Waals surface area (Å²) in [6.07, 6.45) is 0.698. The van der Waals surface area contributed by atoms with Crippen LogP contribution in [0.1, 0.15) is 20.8 Å². The number of piperazine rings is 1. The first-order valence-electron chi connectivity index (χ1n) is 10.8. The summed E-state index contributed by atoms with van der Waals surface area (Å²) in [5.41, 5.74) is 2.18. The van der Waals surface area contributed by atoms with Gasteiger partial charge in [-0.15, -0.1) is 11.3 Å². The van der Waals surface area contributed by atoms with Gasteiger partial charge in [0.15, 0.2) is 0 Å². The predicted molar refractivity (Wildman–Crippen MR) is 127 cm³/mol. The first-order valence-corrected chi connectivity index (χ1v) is 13.1. The number of hydrogen-bond acceptors (Lipinski definition) is 5. The maximum atomic E-state index is 13.3.